The second kappa shape index (κ2) is 7.24. The summed E-state index contributed by atoms with van der Waals surface area (Å²) in [5.41, 5.74) is 2.05. The van der Waals surface area contributed by atoms with Gasteiger partial charge in [0.25, 0.3) is 0 Å². The number of amides is 1. The van der Waals surface area contributed by atoms with E-state index in [2.05, 4.69) is 15.6 Å². The van der Waals surface area contributed by atoms with Crippen LogP contribution in [0.4, 0.5) is 0 Å². The Kier molecular flexibility index (Phi) is 5.33. The van der Waals surface area contributed by atoms with E-state index >= 15 is 0 Å². The fourth-order valence-corrected chi connectivity index (χ4v) is 2.37. The first-order chi connectivity index (χ1) is 9.24. The van der Waals surface area contributed by atoms with E-state index in [-0.39, 0.29) is 5.91 Å². The van der Waals surface area contributed by atoms with Crippen molar-refractivity contribution in [2.24, 2.45) is 0 Å². The second-order valence-electron chi connectivity index (χ2n) is 5.27. The van der Waals surface area contributed by atoms with Crippen LogP contribution in [0.1, 0.15) is 43.4 Å². The summed E-state index contributed by atoms with van der Waals surface area (Å²) in [7, 11) is 0. The summed E-state index contributed by atoms with van der Waals surface area (Å²) in [6.45, 7) is 3.63. The summed E-state index contributed by atoms with van der Waals surface area (Å²) in [5.74, 6) is 0.132. The lowest BCUT2D eigenvalue weighted by Gasteiger charge is -2.23. The van der Waals surface area contributed by atoms with E-state index < -0.39 is 0 Å². The van der Waals surface area contributed by atoms with Crippen LogP contribution in [-0.2, 0) is 11.3 Å². The molecule has 1 amide bonds. The largest absolute Gasteiger partial charge is 0.352 e. The first-order valence-corrected chi connectivity index (χ1v) is 7.15. The fourth-order valence-electron chi connectivity index (χ4n) is 2.37. The Morgan fingerprint density at radius 3 is 3.05 bits per heavy atom. The molecule has 1 aromatic rings. The van der Waals surface area contributed by atoms with Crippen LogP contribution in [0.5, 0.6) is 0 Å². The highest BCUT2D eigenvalue weighted by Crippen LogP contribution is 2.11. The summed E-state index contributed by atoms with van der Waals surface area (Å²) < 4.78 is 0. The van der Waals surface area contributed by atoms with Crippen molar-refractivity contribution in [1.82, 2.24) is 15.6 Å². The quantitative estimate of drug-likeness (QED) is 0.851. The van der Waals surface area contributed by atoms with Crippen molar-refractivity contribution >= 4 is 5.91 Å². The van der Waals surface area contributed by atoms with Crippen LogP contribution in [0.15, 0.2) is 18.3 Å². The Morgan fingerprint density at radius 1 is 1.47 bits per heavy atom. The number of hydrogen-bond acceptors (Lipinski definition) is 3. The zero-order chi connectivity index (χ0) is 13.5. The molecular weight excluding hydrogens is 238 g/mol. The highest BCUT2D eigenvalue weighted by atomic mass is 16.1. The standard InChI is InChI=1S/C15H23N3O/c1-12-5-6-13(10-17-12)11-18-15(19)8-7-14-4-2-3-9-16-14/h5-6,10,14,16H,2-4,7-9,11H2,1H3,(H,18,19). The molecule has 1 aromatic heterocycles. The van der Waals surface area contributed by atoms with Crippen molar-refractivity contribution in [3.63, 3.8) is 0 Å². The minimum Gasteiger partial charge on any atom is -0.352 e. The lowest BCUT2D eigenvalue weighted by atomic mass is 10.0. The lowest BCUT2D eigenvalue weighted by Crippen LogP contribution is -2.35. The molecule has 0 saturated carbocycles. The van der Waals surface area contributed by atoms with E-state index in [9.17, 15) is 4.79 Å². The molecule has 1 aliphatic rings. The van der Waals surface area contributed by atoms with Crippen molar-refractivity contribution in [3.05, 3.63) is 29.6 Å². The van der Waals surface area contributed by atoms with Crippen LogP contribution in [0, 0.1) is 6.92 Å². The molecular formula is C15H23N3O. The van der Waals surface area contributed by atoms with Crippen molar-refractivity contribution in [2.75, 3.05) is 6.54 Å². The van der Waals surface area contributed by atoms with E-state index in [0.717, 1.165) is 24.2 Å². The number of carbonyl (C=O) groups excluding carboxylic acids is 1. The second-order valence-corrected chi connectivity index (χ2v) is 5.27. The molecule has 1 atom stereocenters. The highest BCUT2D eigenvalue weighted by molar-refractivity contribution is 5.75. The van der Waals surface area contributed by atoms with Gasteiger partial charge < -0.3 is 10.6 Å². The van der Waals surface area contributed by atoms with Gasteiger partial charge in [-0.1, -0.05) is 12.5 Å². The molecule has 19 heavy (non-hydrogen) atoms. The molecule has 2 rings (SSSR count). The third-order valence-electron chi connectivity index (χ3n) is 3.59. The maximum absolute atomic E-state index is 11.8. The third kappa shape index (κ3) is 4.99. The third-order valence-corrected chi connectivity index (χ3v) is 3.59. The van der Waals surface area contributed by atoms with Gasteiger partial charge in [-0.15, -0.1) is 0 Å². The zero-order valence-corrected chi connectivity index (χ0v) is 11.6. The van der Waals surface area contributed by atoms with Gasteiger partial charge in [-0.25, -0.2) is 0 Å². The maximum atomic E-state index is 11.8. The molecule has 0 bridgehead atoms. The minimum absolute atomic E-state index is 0.132. The number of aryl methyl sites for hydroxylation is 1. The van der Waals surface area contributed by atoms with Crippen molar-refractivity contribution < 1.29 is 4.79 Å². The van der Waals surface area contributed by atoms with Gasteiger partial charge >= 0.3 is 0 Å². The minimum atomic E-state index is 0.132. The van der Waals surface area contributed by atoms with E-state index in [4.69, 9.17) is 0 Å². The summed E-state index contributed by atoms with van der Waals surface area (Å²) >= 11 is 0. The number of aromatic nitrogens is 1. The average molecular weight is 261 g/mol. The topological polar surface area (TPSA) is 54.0 Å². The van der Waals surface area contributed by atoms with Crippen LogP contribution < -0.4 is 10.6 Å². The smallest absolute Gasteiger partial charge is 0.220 e. The number of nitrogens with zero attached hydrogens (tertiary/aromatic N) is 1. The van der Waals surface area contributed by atoms with Crippen molar-refractivity contribution in [2.45, 2.75) is 51.6 Å². The first-order valence-electron chi connectivity index (χ1n) is 7.15. The van der Waals surface area contributed by atoms with Crippen molar-refractivity contribution in [3.8, 4) is 0 Å². The van der Waals surface area contributed by atoms with E-state index in [1.54, 1.807) is 0 Å². The molecule has 1 fully saturated rings. The summed E-state index contributed by atoms with van der Waals surface area (Å²) in [6.07, 6.45) is 7.12. The predicted octanol–water partition coefficient (Wildman–Crippen LogP) is 1.93. The monoisotopic (exact) mass is 261 g/mol. The number of rotatable bonds is 5. The average Bonchev–Trinajstić information content (AvgIpc) is 2.45. The Morgan fingerprint density at radius 2 is 2.37 bits per heavy atom. The SMILES string of the molecule is Cc1ccc(CNC(=O)CCC2CCCCN2)cn1. The molecule has 0 radical (unpaired) electrons. The fraction of sp³-hybridized carbons (Fsp3) is 0.600. The van der Waals surface area contributed by atoms with Gasteiger partial charge in [0.05, 0.1) is 0 Å². The van der Waals surface area contributed by atoms with E-state index in [1.807, 2.05) is 25.3 Å². The van der Waals surface area contributed by atoms with Gasteiger partial charge in [0.15, 0.2) is 0 Å². The molecule has 2 N–H and O–H groups in total. The molecule has 1 aliphatic heterocycles. The Labute approximate surface area is 115 Å². The first kappa shape index (κ1) is 14.0. The van der Waals surface area contributed by atoms with Gasteiger partial charge in [0.2, 0.25) is 5.91 Å². The lowest BCUT2D eigenvalue weighted by molar-refractivity contribution is -0.121. The van der Waals surface area contributed by atoms with E-state index in [0.29, 0.717) is 19.0 Å². The maximum Gasteiger partial charge on any atom is 0.220 e. The van der Waals surface area contributed by atoms with Gasteiger partial charge in [-0.3, -0.25) is 9.78 Å². The molecule has 0 aromatic carbocycles. The van der Waals surface area contributed by atoms with Gasteiger partial charge in [-0.05, 0) is 44.4 Å². The molecule has 4 nitrogen and oxygen atoms in total. The number of piperidine rings is 1. The highest BCUT2D eigenvalue weighted by Gasteiger charge is 2.13. The number of pyridine rings is 1. The van der Waals surface area contributed by atoms with Crippen LogP contribution in [-0.4, -0.2) is 23.5 Å². The van der Waals surface area contributed by atoms with Gasteiger partial charge in [0.1, 0.15) is 0 Å². The van der Waals surface area contributed by atoms with Crippen LogP contribution in [0.2, 0.25) is 0 Å². The summed E-state index contributed by atoms with van der Waals surface area (Å²) in [6, 6.07) is 4.50. The number of hydrogen-bond donors (Lipinski definition) is 2. The Balaban J connectivity index is 1.65. The van der Waals surface area contributed by atoms with Gasteiger partial charge in [-0.2, -0.15) is 0 Å². The summed E-state index contributed by atoms with van der Waals surface area (Å²) in [4.78, 5) is 16.0. The zero-order valence-electron chi connectivity index (χ0n) is 11.6. The molecule has 0 aliphatic carbocycles. The number of carbonyl (C=O) groups is 1. The van der Waals surface area contributed by atoms with Crippen LogP contribution >= 0.6 is 0 Å². The van der Waals surface area contributed by atoms with Gasteiger partial charge in [0, 0.05) is 30.9 Å². The summed E-state index contributed by atoms with van der Waals surface area (Å²) in [5, 5.41) is 6.42. The normalized spacial score (nSPS) is 19.1. The Hall–Kier alpha value is -1.42. The van der Waals surface area contributed by atoms with E-state index in [1.165, 1.54) is 19.3 Å². The van der Waals surface area contributed by atoms with Crippen LogP contribution in [0.25, 0.3) is 0 Å². The molecule has 104 valence electrons. The van der Waals surface area contributed by atoms with Crippen molar-refractivity contribution in [1.29, 1.82) is 0 Å². The molecule has 1 saturated heterocycles. The molecule has 0 spiro atoms. The molecule has 1 unspecified atom stereocenters. The Bertz CT molecular complexity index is 396. The molecule has 2 heterocycles. The predicted molar refractivity (Wildman–Crippen MR) is 75.7 cm³/mol. The molecule has 4 heteroatoms. The number of nitrogens with one attached hydrogen (secondary N) is 2. The van der Waals surface area contributed by atoms with Crippen LogP contribution in [0.3, 0.4) is 0 Å².